The van der Waals surface area contributed by atoms with Gasteiger partial charge in [-0.1, -0.05) is 20.8 Å². The summed E-state index contributed by atoms with van der Waals surface area (Å²) in [7, 11) is 0. The van der Waals surface area contributed by atoms with Gasteiger partial charge >= 0.3 is 6.03 Å². The molecule has 1 aromatic carbocycles. The number of hydrogen-bond acceptors (Lipinski definition) is 3. The Morgan fingerprint density at radius 1 is 1.26 bits per heavy atom. The Labute approximate surface area is 161 Å². The molecule has 1 saturated heterocycles. The predicted octanol–water partition coefficient (Wildman–Crippen LogP) is 3.75. The molecule has 0 spiro atoms. The Morgan fingerprint density at radius 2 is 1.89 bits per heavy atom. The van der Waals surface area contributed by atoms with Crippen LogP contribution in [0.25, 0.3) is 0 Å². The first-order valence-electron chi connectivity index (χ1n) is 9.71. The maximum Gasteiger partial charge on any atom is 0.345 e. The SMILES string of the molecule is CC(C)C(N)=NC(=O)N1CCC([C@H](C)CCOc2ccc(C=O)cc2)CC1. The molecule has 6 heteroatoms. The summed E-state index contributed by atoms with van der Waals surface area (Å²) in [5.74, 6) is 2.38. The van der Waals surface area contributed by atoms with Gasteiger partial charge in [-0.3, -0.25) is 4.79 Å². The number of piperidine rings is 1. The second-order valence-electron chi connectivity index (χ2n) is 7.60. The lowest BCUT2D eigenvalue weighted by atomic mass is 9.84. The lowest BCUT2D eigenvalue weighted by Gasteiger charge is -2.34. The smallest absolute Gasteiger partial charge is 0.345 e. The molecule has 148 valence electrons. The highest BCUT2D eigenvalue weighted by Gasteiger charge is 2.26. The number of rotatable bonds is 7. The third-order valence-electron chi connectivity index (χ3n) is 5.29. The average Bonchev–Trinajstić information content (AvgIpc) is 2.68. The fraction of sp³-hybridized carbons (Fsp3) is 0.571. The third-order valence-corrected chi connectivity index (χ3v) is 5.29. The number of aliphatic imine (C=N–C) groups is 1. The maximum atomic E-state index is 12.2. The highest BCUT2D eigenvalue weighted by molar-refractivity contribution is 5.93. The van der Waals surface area contributed by atoms with Crippen LogP contribution >= 0.6 is 0 Å². The molecule has 1 aliphatic rings. The molecule has 0 bridgehead atoms. The number of ether oxygens (including phenoxy) is 1. The van der Waals surface area contributed by atoms with Gasteiger partial charge in [0.25, 0.3) is 0 Å². The fourth-order valence-corrected chi connectivity index (χ4v) is 3.21. The van der Waals surface area contributed by atoms with Gasteiger partial charge in [-0.15, -0.1) is 0 Å². The van der Waals surface area contributed by atoms with E-state index in [-0.39, 0.29) is 11.9 Å². The number of aldehydes is 1. The molecule has 1 heterocycles. The van der Waals surface area contributed by atoms with Crippen LogP contribution in [0.1, 0.15) is 50.4 Å². The number of hydrogen-bond donors (Lipinski definition) is 1. The number of urea groups is 1. The molecule has 1 fully saturated rings. The van der Waals surface area contributed by atoms with Crippen molar-refractivity contribution < 1.29 is 14.3 Å². The van der Waals surface area contributed by atoms with Crippen LogP contribution in [0.2, 0.25) is 0 Å². The number of nitrogens with two attached hydrogens (primary N) is 1. The van der Waals surface area contributed by atoms with E-state index < -0.39 is 0 Å². The summed E-state index contributed by atoms with van der Waals surface area (Å²) in [4.78, 5) is 28.6. The molecule has 0 saturated carbocycles. The summed E-state index contributed by atoms with van der Waals surface area (Å²) < 4.78 is 5.78. The molecule has 1 aromatic rings. The van der Waals surface area contributed by atoms with E-state index in [2.05, 4.69) is 11.9 Å². The van der Waals surface area contributed by atoms with Gasteiger partial charge in [-0.2, -0.15) is 4.99 Å². The Kier molecular flexibility index (Phi) is 7.82. The standard InChI is InChI=1S/C21H31N3O3/c1-15(2)20(22)23-21(26)24-11-8-18(9-12-24)16(3)10-13-27-19-6-4-17(14-25)5-7-19/h4-7,14-16,18H,8-13H2,1-3H3,(H2,22,23,26)/t16-/m1/s1. The predicted molar refractivity (Wildman–Crippen MR) is 107 cm³/mol. The molecule has 2 N–H and O–H groups in total. The number of benzene rings is 1. The van der Waals surface area contributed by atoms with Crippen LogP contribution < -0.4 is 10.5 Å². The topological polar surface area (TPSA) is 85.0 Å². The summed E-state index contributed by atoms with van der Waals surface area (Å²) in [5.41, 5.74) is 6.44. The Bertz CT molecular complexity index is 647. The van der Waals surface area contributed by atoms with E-state index in [4.69, 9.17) is 10.5 Å². The van der Waals surface area contributed by atoms with E-state index >= 15 is 0 Å². The Hall–Kier alpha value is -2.37. The zero-order chi connectivity index (χ0) is 19.8. The van der Waals surface area contributed by atoms with Crippen LogP contribution in [0, 0.1) is 17.8 Å². The normalized spacial score (nSPS) is 17.0. The molecular formula is C21H31N3O3. The van der Waals surface area contributed by atoms with Gasteiger partial charge in [0.1, 0.15) is 17.9 Å². The van der Waals surface area contributed by atoms with Crippen LogP contribution in [0.3, 0.4) is 0 Å². The lowest BCUT2D eigenvalue weighted by molar-refractivity contribution is 0.112. The van der Waals surface area contributed by atoms with Crippen LogP contribution in [-0.2, 0) is 0 Å². The van der Waals surface area contributed by atoms with Crippen molar-refractivity contribution in [3.63, 3.8) is 0 Å². The monoisotopic (exact) mass is 373 g/mol. The number of carbonyl (C=O) groups is 2. The summed E-state index contributed by atoms with van der Waals surface area (Å²) >= 11 is 0. The summed E-state index contributed by atoms with van der Waals surface area (Å²) in [6, 6.07) is 6.94. The largest absolute Gasteiger partial charge is 0.494 e. The maximum absolute atomic E-state index is 12.2. The minimum absolute atomic E-state index is 0.0844. The van der Waals surface area contributed by atoms with Crippen molar-refractivity contribution in [1.29, 1.82) is 0 Å². The molecule has 0 radical (unpaired) electrons. The van der Waals surface area contributed by atoms with Gasteiger partial charge in [-0.05, 0) is 55.4 Å². The van der Waals surface area contributed by atoms with Gasteiger partial charge < -0.3 is 15.4 Å². The lowest BCUT2D eigenvalue weighted by Crippen LogP contribution is -2.39. The minimum Gasteiger partial charge on any atom is -0.494 e. The van der Waals surface area contributed by atoms with Crippen molar-refractivity contribution in [3.8, 4) is 5.75 Å². The first-order valence-corrected chi connectivity index (χ1v) is 9.71. The van der Waals surface area contributed by atoms with Crippen molar-refractivity contribution in [3.05, 3.63) is 29.8 Å². The highest BCUT2D eigenvalue weighted by Crippen LogP contribution is 2.27. The Balaban J connectivity index is 1.72. The van der Waals surface area contributed by atoms with Crippen LogP contribution in [0.5, 0.6) is 5.75 Å². The molecule has 0 aliphatic carbocycles. The molecule has 1 atom stereocenters. The van der Waals surface area contributed by atoms with Crippen LogP contribution in [0.4, 0.5) is 4.79 Å². The third kappa shape index (κ3) is 6.38. The molecule has 6 nitrogen and oxygen atoms in total. The molecule has 27 heavy (non-hydrogen) atoms. The minimum atomic E-state index is -0.214. The quantitative estimate of drug-likeness (QED) is 0.448. The average molecular weight is 373 g/mol. The zero-order valence-corrected chi connectivity index (χ0v) is 16.6. The van der Waals surface area contributed by atoms with Gasteiger partial charge in [0.05, 0.1) is 6.61 Å². The van der Waals surface area contributed by atoms with Crippen LogP contribution in [-0.4, -0.2) is 42.7 Å². The first-order chi connectivity index (χ1) is 12.9. The molecule has 0 unspecified atom stereocenters. The van der Waals surface area contributed by atoms with Gasteiger partial charge in [-0.25, -0.2) is 4.79 Å². The van der Waals surface area contributed by atoms with Crippen LogP contribution in [0.15, 0.2) is 29.3 Å². The van der Waals surface area contributed by atoms with E-state index in [1.807, 2.05) is 26.0 Å². The number of amidine groups is 1. The molecule has 0 aromatic heterocycles. The number of nitrogens with zero attached hydrogens (tertiary/aromatic N) is 2. The fourth-order valence-electron chi connectivity index (χ4n) is 3.21. The number of likely N-dealkylation sites (tertiary alicyclic amines) is 1. The van der Waals surface area contributed by atoms with Gasteiger partial charge in [0.2, 0.25) is 0 Å². The summed E-state index contributed by atoms with van der Waals surface area (Å²) in [6.07, 6.45) is 3.76. The van der Waals surface area contributed by atoms with Crippen molar-refractivity contribution in [2.75, 3.05) is 19.7 Å². The van der Waals surface area contributed by atoms with Crippen molar-refractivity contribution >= 4 is 18.2 Å². The van der Waals surface area contributed by atoms with Gasteiger partial charge in [0, 0.05) is 24.6 Å². The van der Waals surface area contributed by atoms with Crippen molar-refractivity contribution in [2.45, 2.75) is 40.0 Å². The van der Waals surface area contributed by atoms with E-state index in [1.165, 1.54) is 0 Å². The highest BCUT2D eigenvalue weighted by atomic mass is 16.5. The second-order valence-corrected chi connectivity index (χ2v) is 7.60. The molecule has 2 amide bonds. The second kappa shape index (κ2) is 10.1. The Morgan fingerprint density at radius 3 is 2.44 bits per heavy atom. The van der Waals surface area contributed by atoms with E-state index in [0.717, 1.165) is 44.4 Å². The summed E-state index contributed by atoms with van der Waals surface area (Å²) in [6.45, 7) is 8.22. The van der Waals surface area contributed by atoms with Crippen molar-refractivity contribution in [1.82, 2.24) is 4.90 Å². The summed E-state index contributed by atoms with van der Waals surface area (Å²) in [5, 5.41) is 0. The van der Waals surface area contributed by atoms with E-state index in [0.29, 0.717) is 29.8 Å². The van der Waals surface area contributed by atoms with Crippen molar-refractivity contribution in [2.24, 2.45) is 28.5 Å². The number of amides is 2. The zero-order valence-electron chi connectivity index (χ0n) is 16.6. The van der Waals surface area contributed by atoms with E-state index in [9.17, 15) is 9.59 Å². The molecule has 1 aliphatic heterocycles. The molecular weight excluding hydrogens is 342 g/mol. The van der Waals surface area contributed by atoms with E-state index in [1.54, 1.807) is 17.0 Å². The van der Waals surface area contributed by atoms with Gasteiger partial charge in [0.15, 0.2) is 0 Å². The number of carbonyl (C=O) groups excluding carboxylic acids is 2. The molecule has 2 rings (SSSR count). The first kappa shape index (κ1) is 20.9.